The van der Waals surface area contributed by atoms with E-state index in [9.17, 15) is 4.79 Å². The number of thioether (sulfide) groups is 1. The number of fused-ring (bicyclic) bond motifs is 3. The Kier molecular flexibility index (Phi) is 5.83. The van der Waals surface area contributed by atoms with Crippen molar-refractivity contribution in [3.63, 3.8) is 0 Å². The van der Waals surface area contributed by atoms with Crippen LogP contribution in [-0.4, -0.2) is 32.9 Å². The number of amides is 1. The van der Waals surface area contributed by atoms with E-state index in [-0.39, 0.29) is 11.2 Å². The number of aromatic nitrogens is 3. The summed E-state index contributed by atoms with van der Waals surface area (Å²) >= 11 is 7.48. The van der Waals surface area contributed by atoms with E-state index in [1.807, 2.05) is 35.6 Å². The second-order valence-corrected chi connectivity index (χ2v) is 8.48. The summed E-state index contributed by atoms with van der Waals surface area (Å²) in [6.45, 7) is 4.03. The lowest BCUT2D eigenvalue weighted by molar-refractivity contribution is -0.115. The molecule has 4 rings (SSSR count). The molecule has 0 saturated heterocycles. The molecular weight excluding hydrogens is 420 g/mol. The number of nitrogens with one attached hydrogen (secondary N) is 1. The molecule has 1 unspecified atom stereocenters. The molecule has 1 atom stereocenters. The van der Waals surface area contributed by atoms with E-state index in [0.29, 0.717) is 28.0 Å². The van der Waals surface area contributed by atoms with Crippen LogP contribution in [0.5, 0.6) is 5.75 Å². The summed E-state index contributed by atoms with van der Waals surface area (Å²) < 4.78 is 7.33. The van der Waals surface area contributed by atoms with E-state index in [0.717, 1.165) is 22.1 Å². The molecule has 0 bridgehead atoms. The van der Waals surface area contributed by atoms with Gasteiger partial charge in [-0.15, -0.1) is 10.2 Å². The number of carbonyl (C=O) groups excluding carboxylic acids is 1. The number of hydrogen-bond acceptors (Lipinski definition) is 5. The number of carbonyl (C=O) groups is 1. The lowest BCUT2D eigenvalue weighted by Gasteiger charge is -2.16. The first-order chi connectivity index (χ1) is 14.5. The van der Waals surface area contributed by atoms with Gasteiger partial charge in [-0.3, -0.25) is 9.20 Å². The summed E-state index contributed by atoms with van der Waals surface area (Å²) in [5, 5.41) is 13.6. The highest BCUT2D eigenvalue weighted by Gasteiger charge is 2.23. The van der Waals surface area contributed by atoms with Gasteiger partial charge < -0.3 is 10.1 Å². The molecule has 154 valence electrons. The minimum atomic E-state index is -0.360. The molecular formula is C22H21ClN4O2S. The van der Waals surface area contributed by atoms with Crippen LogP contribution >= 0.6 is 23.4 Å². The Bertz CT molecular complexity index is 1240. The fraction of sp³-hybridized carbons (Fsp3) is 0.227. The van der Waals surface area contributed by atoms with Crippen molar-refractivity contribution in [3.8, 4) is 5.75 Å². The topological polar surface area (TPSA) is 68.5 Å². The molecule has 0 saturated carbocycles. The third-order valence-corrected chi connectivity index (χ3v) is 6.45. The Morgan fingerprint density at radius 3 is 2.80 bits per heavy atom. The number of ether oxygens (including phenoxy) is 1. The predicted molar refractivity (Wildman–Crippen MR) is 122 cm³/mol. The van der Waals surface area contributed by atoms with Crippen LogP contribution in [0.15, 0.2) is 53.7 Å². The van der Waals surface area contributed by atoms with Crippen molar-refractivity contribution >= 4 is 51.5 Å². The number of methoxy groups -OCH3 is 1. The smallest absolute Gasteiger partial charge is 0.238 e. The van der Waals surface area contributed by atoms with E-state index in [1.54, 1.807) is 25.3 Å². The number of aryl methyl sites for hydroxylation is 1. The van der Waals surface area contributed by atoms with Crippen molar-refractivity contribution in [1.29, 1.82) is 0 Å². The van der Waals surface area contributed by atoms with Crippen LogP contribution in [0, 0.1) is 6.92 Å². The van der Waals surface area contributed by atoms with Crippen LogP contribution in [0.25, 0.3) is 16.6 Å². The maximum Gasteiger partial charge on any atom is 0.238 e. The van der Waals surface area contributed by atoms with Crippen LogP contribution in [0.3, 0.4) is 0 Å². The average Bonchev–Trinajstić information content (AvgIpc) is 3.14. The van der Waals surface area contributed by atoms with Crippen LogP contribution in [0.2, 0.25) is 5.02 Å². The fourth-order valence-corrected chi connectivity index (χ4v) is 4.54. The quantitative estimate of drug-likeness (QED) is 0.408. The largest absolute Gasteiger partial charge is 0.495 e. The molecule has 0 aliphatic heterocycles. The molecule has 0 aliphatic carbocycles. The summed E-state index contributed by atoms with van der Waals surface area (Å²) in [7, 11) is 1.56. The van der Waals surface area contributed by atoms with Gasteiger partial charge in [0, 0.05) is 10.4 Å². The second-order valence-electron chi connectivity index (χ2n) is 6.87. The van der Waals surface area contributed by atoms with Crippen molar-refractivity contribution in [3.05, 3.63) is 59.1 Å². The van der Waals surface area contributed by atoms with Gasteiger partial charge in [-0.1, -0.05) is 48.5 Å². The highest BCUT2D eigenvalue weighted by Crippen LogP contribution is 2.32. The Morgan fingerprint density at radius 2 is 2.03 bits per heavy atom. The number of para-hydroxylation sites is 1. The van der Waals surface area contributed by atoms with E-state index in [4.69, 9.17) is 16.3 Å². The maximum absolute atomic E-state index is 13.0. The van der Waals surface area contributed by atoms with Gasteiger partial charge >= 0.3 is 0 Å². The summed E-state index contributed by atoms with van der Waals surface area (Å²) in [4.78, 5) is 13.0. The highest BCUT2D eigenvalue weighted by atomic mass is 35.5. The molecule has 1 amide bonds. The Hall–Kier alpha value is -2.77. The molecule has 0 radical (unpaired) electrons. The standard InChI is InChI=1S/C22H21ClN4O2S/c1-4-19(21(28)24-16-12-14(23)9-10-18(16)29-3)30-22-26-25-20-11-13(2)15-7-5-6-8-17(15)27(20)22/h5-12,19H,4H2,1-3H3,(H,24,28). The third kappa shape index (κ3) is 3.82. The van der Waals surface area contributed by atoms with E-state index in [2.05, 4.69) is 28.5 Å². The molecule has 0 aliphatic rings. The minimum absolute atomic E-state index is 0.142. The first kappa shape index (κ1) is 20.5. The number of halogens is 1. The van der Waals surface area contributed by atoms with Gasteiger partial charge in [-0.25, -0.2) is 0 Å². The molecule has 4 aromatic rings. The minimum Gasteiger partial charge on any atom is -0.495 e. The van der Waals surface area contributed by atoms with E-state index in [1.165, 1.54) is 11.8 Å². The molecule has 8 heteroatoms. The van der Waals surface area contributed by atoms with Crippen molar-refractivity contribution < 1.29 is 9.53 Å². The van der Waals surface area contributed by atoms with Gasteiger partial charge in [0.05, 0.1) is 23.6 Å². The molecule has 0 fully saturated rings. The first-order valence-electron chi connectivity index (χ1n) is 9.56. The van der Waals surface area contributed by atoms with Crippen LogP contribution in [0.1, 0.15) is 18.9 Å². The fourth-order valence-electron chi connectivity index (χ4n) is 3.39. The van der Waals surface area contributed by atoms with Gasteiger partial charge in [0.15, 0.2) is 10.8 Å². The van der Waals surface area contributed by atoms with Crippen LogP contribution < -0.4 is 10.1 Å². The number of rotatable bonds is 6. The lowest BCUT2D eigenvalue weighted by Crippen LogP contribution is -2.25. The third-order valence-electron chi connectivity index (χ3n) is 4.90. The van der Waals surface area contributed by atoms with Gasteiger partial charge in [-0.2, -0.15) is 0 Å². The van der Waals surface area contributed by atoms with Gasteiger partial charge in [-0.05, 0) is 49.2 Å². The maximum atomic E-state index is 13.0. The molecule has 2 aromatic carbocycles. The molecule has 2 aromatic heterocycles. The summed E-state index contributed by atoms with van der Waals surface area (Å²) in [6, 6.07) is 15.3. The molecule has 30 heavy (non-hydrogen) atoms. The SMILES string of the molecule is CCC(Sc1nnc2cc(C)c3ccccc3n12)C(=O)Nc1cc(Cl)ccc1OC. The number of benzene rings is 2. The number of pyridine rings is 1. The average molecular weight is 441 g/mol. The Labute approximate surface area is 183 Å². The number of anilines is 1. The van der Waals surface area contributed by atoms with Crippen LogP contribution in [0.4, 0.5) is 5.69 Å². The first-order valence-corrected chi connectivity index (χ1v) is 10.8. The van der Waals surface area contributed by atoms with E-state index >= 15 is 0 Å². The summed E-state index contributed by atoms with van der Waals surface area (Å²) in [5.74, 6) is 0.415. The van der Waals surface area contributed by atoms with Crippen molar-refractivity contribution in [1.82, 2.24) is 14.6 Å². The predicted octanol–water partition coefficient (Wildman–Crippen LogP) is 5.36. The summed E-state index contributed by atoms with van der Waals surface area (Å²) in [5.41, 5.74) is 3.47. The van der Waals surface area contributed by atoms with Crippen molar-refractivity contribution in [2.24, 2.45) is 0 Å². The highest BCUT2D eigenvalue weighted by molar-refractivity contribution is 8.00. The lowest BCUT2D eigenvalue weighted by atomic mass is 10.1. The monoisotopic (exact) mass is 440 g/mol. The molecule has 0 spiro atoms. The molecule has 2 heterocycles. The molecule has 6 nitrogen and oxygen atoms in total. The molecule has 1 N–H and O–H groups in total. The second kappa shape index (κ2) is 8.53. The number of nitrogens with zero attached hydrogens (tertiary/aromatic N) is 3. The summed E-state index contributed by atoms with van der Waals surface area (Å²) in [6.07, 6.45) is 0.623. The Balaban J connectivity index is 1.66. The van der Waals surface area contributed by atoms with Gasteiger partial charge in [0.2, 0.25) is 5.91 Å². The van der Waals surface area contributed by atoms with Crippen LogP contribution in [-0.2, 0) is 4.79 Å². The zero-order valence-corrected chi connectivity index (χ0v) is 18.4. The number of hydrogen-bond donors (Lipinski definition) is 1. The van der Waals surface area contributed by atoms with Gasteiger partial charge in [0.1, 0.15) is 5.75 Å². The van der Waals surface area contributed by atoms with E-state index < -0.39 is 0 Å². The van der Waals surface area contributed by atoms with Crippen molar-refractivity contribution in [2.45, 2.75) is 30.7 Å². The normalized spacial score (nSPS) is 12.3. The van der Waals surface area contributed by atoms with Crippen molar-refractivity contribution in [2.75, 3.05) is 12.4 Å². The Morgan fingerprint density at radius 1 is 1.23 bits per heavy atom. The van der Waals surface area contributed by atoms with Gasteiger partial charge in [0.25, 0.3) is 0 Å². The zero-order chi connectivity index (χ0) is 21.3. The zero-order valence-electron chi connectivity index (χ0n) is 16.8.